The molecule has 1 aliphatic rings. The van der Waals surface area contributed by atoms with Crippen molar-refractivity contribution in [2.45, 2.75) is 4.90 Å². The highest BCUT2D eigenvalue weighted by atomic mass is 79.9. The van der Waals surface area contributed by atoms with Gasteiger partial charge in [-0.2, -0.15) is 0 Å². The van der Waals surface area contributed by atoms with Crippen molar-refractivity contribution in [2.24, 2.45) is 0 Å². The second-order valence-electron chi connectivity index (χ2n) is 5.32. The van der Waals surface area contributed by atoms with Crippen molar-refractivity contribution in [2.75, 3.05) is 17.9 Å². The summed E-state index contributed by atoms with van der Waals surface area (Å²) in [7, 11) is -3.83. The standard InChI is InChI=1S/C17H14BrNO6S/c18-13-9-15-16(25-8-7-24-15)10-14(13)19-26(22,23)12-4-1-11(2-5-12)3-6-17(20)21/h1-6,9-10,19H,7-8H2,(H,20,21). The topological polar surface area (TPSA) is 102 Å². The minimum Gasteiger partial charge on any atom is -0.486 e. The number of sulfonamides is 1. The summed E-state index contributed by atoms with van der Waals surface area (Å²) in [6, 6.07) is 9.04. The number of carbonyl (C=O) groups is 1. The van der Waals surface area contributed by atoms with Gasteiger partial charge in [-0.05, 0) is 39.7 Å². The minimum absolute atomic E-state index is 0.0479. The summed E-state index contributed by atoms with van der Waals surface area (Å²) in [6.07, 6.45) is 2.36. The fourth-order valence-corrected chi connectivity index (χ4v) is 3.89. The molecule has 2 aromatic carbocycles. The van der Waals surface area contributed by atoms with Crippen LogP contribution in [-0.4, -0.2) is 32.7 Å². The SMILES string of the molecule is O=C(O)C=Cc1ccc(S(=O)(=O)Nc2cc3c(cc2Br)OCCO3)cc1. The van der Waals surface area contributed by atoms with Crippen LogP contribution in [0.1, 0.15) is 5.56 Å². The third kappa shape index (κ3) is 4.17. The summed E-state index contributed by atoms with van der Waals surface area (Å²) in [6.45, 7) is 0.833. The number of hydrogen-bond acceptors (Lipinski definition) is 5. The van der Waals surface area contributed by atoms with Crippen molar-refractivity contribution in [1.29, 1.82) is 0 Å². The fraction of sp³-hybridized carbons (Fsp3) is 0.118. The number of anilines is 1. The number of fused-ring (bicyclic) bond motifs is 1. The number of rotatable bonds is 5. The van der Waals surface area contributed by atoms with Crippen LogP contribution in [0.3, 0.4) is 0 Å². The zero-order valence-corrected chi connectivity index (χ0v) is 15.7. The van der Waals surface area contributed by atoms with E-state index in [-0.39, 0.29) is 4.90 Å². The second-order valence-corrected chi connectivity index (χ2v) is 7.86. The van der Waals surface area contributed by atoms with Crippen LogP contribution in [0.15, 0.2) is 51.8 Å². The van der Waals surface area contributed by atoms with Gasteiger partial charge < -0.3 is 14.6 Å². The van der Waals surface area contributed by atoms with E-state index in [9.17, 15) is 13.2 Å². The van der Waals surface area contributed by atoms with Crippen LogP contribution in [0.25, 0.3) is 6.08 Å². The lowest BCUT2D eigenvalue weighted by Crippen LogP contribution is -2.17. The van der Waals surface area contributed by atoms with E-state index in [1.54, 1.807) is 12.1 Å². The van der Waals surface area contributed by atoms with Gasteiger partial charge in [0.15, 0.2) is 11.5 Å². The molecule has 0 aromatic heterocycles. The molecule has 0 spiro atoms. The number of carboxylic acid groups (broad SMARTS) is 1. The van der Waals surface area contributed by atoms with E-state index in [0.29, 0.717) is 40.4 Å². The van der Waals surface area contributed by atoms with E-state index in [2.05, 4.69) is 20.7 Å². The van der Waals surface area contributed by atoms with Crippen LogP contribution in [-0.2, 0) is 14.8 Å². The molecule has 0 radical (unpaired) electrons. The normalized spacial score (nSPS) is 13.6. The van der Waals surface area contributed by atoms with E-state index in [0.717, 1.165) is 6.08 Å². The van der Waals surface area contributed by atoms with Gasteiger partial charge in [-0.1, -0.05) is 12.1 Å². The molecule has 1 heterocycles. The Morgan fingerprint density at radius 2 is 1.73 bits per heavy atom. The van der Waals surface area contributed by atoms with Crippen molar-refractivity contribution in [1.82, 2.24) is 0 Å². The molecule has 2 N–H and O–H groups in total. The molecule has 0 saturated heterocycles. The predicted octanol–water partition coefficient (Wildman–Crippen LogP) is 3.12. The smallest absolute Gasteiger partial charge is 0.328 e. The molecule has 3 rings (SSSR count). The number of nitrogens with one attached hydrogen (secondary N) is 1. The van der Waals surface area contributed by atoms with Crippen molar-refractivity contribution >= 4 is 43.7 Å². The van der Waals surface area contributed by atoms with Gasteiger partial charge in [-0.25, -0.2) is 13.2 Å². The molecule has 9 heteroatoms. The fourth-order valence-electron chi connectivity index (χ4n) is 2.27. The van der Waals surface area contributed by atoms with E-state index < -0.39 is 16.0 Å². The van der Waals surface area contributed by atoms with Crippen LogP contribution in [0.2, 0.25) is 0 Å². The van der Waals surface area contributed by atoms with Crippen molar-refractivity contribution in [3.63, 3.8) is 0 Å². The minimum atomic E-state index is -3.83. The van der Waals surface area contributed by atoms with E-state index in [1.165, 1.54) is 30.3 Å². The first kappa shape index (κ1) is 18.3. The third-order valence-electron chi connectivity index (χ3n) is 3.48. The predicted molar refractivity (Wildman–Crippen MR) is 99.1 cm³/mol. The number of ether oxygens (including phenoxy) is 2. The van der Waals surface area contributed by atoms with Crippen molar-refractivity contribution in [3.8, 4) is 11.5 Å². The number of carboxylic acids is 1. The van der Waals surface area contributed by atoms with Crippen molar-refractivity contribution < 1.29 is 27.8 Å². The zero-order chi connectivity index (χ0) is 18.7. The number of halogens is 1. The maximum atomic E-state index is 12.6. The lowest BCUT2D eigenvalue weighted by molar-refractivity contribution is -0.131. The maximum absolute atomic E-state index is 12.6. The molecule has 0 atom stereocenters. The quantitative estimate of drug-likeness (QED) is 0.693. The van der Waals surface area contributed by atoms with Gasteiger partial charge in [0.1, 0.15) is 13.2 Å². The Balaban J connectivity index is 1.84. The van der Waals surface area contributed by atoms with Gasteiger partial charge >= 0.3 is 5.97 Å². The number of aliphatic carboxylic acids is 1. The summed E-state index contributed by atoms with van der Waals surface area (Å²) >= 11 is 3.32. The summed E-state index contributed by atoms with van der Waals surface area (Å²) in [4.78, 5) is 10.6. The maximum Gasteiger partial charge on any atom is 0.328 e. The molecule has 0 amide bonds. The van der Waals surface area contributed by atoms with Crippen LogP contribution < -0.4 is 14.2 Å². The lowest BCUT2D eigenvalue weighted by Gasteiger charge is -2.20. The van der Waals surface area contributed by atoms with Gasteiger partial charge in [-0.3, -0.25) is 4.72 Å². The summed E-state index contributed by atoms with van der Waals surface area (Å²) in [5, 5.41) is 8.62. The molecule has 0 aliphatic carbocycles. The highest BCUT2D eigenvalue weighted by molar-refractivity contribution is 9.10. The molecule has 26 heavy (non-hydrogen) atoms. The average molecular weight is 440 g/mol. The van der Waals surface area contributed by atoms with Crippen LogP contribution >= 0.6 is 15.9 Å². The molecule has 0 saturated carbocycles. The Hall–Kier alpha value is -2.52. The molecule has 0 unspecified atom stereocenters. The molecule has 136 valence electrons. The summed E-state index contributed by atoms with van der Waals surface area (Å²) in [5.41, 5.74) is 0.899. The third-order valence-corrected chi connectivity index (χ3v) is 5.52. The van der Waals surface area contributed by atoms with Crippen molar-refractivity contribution in [3.05, 3.63) is 52.5 Å². The Kier molecular flexibility index (Phi) is 5.19. The molecule has 2 aromatic rings. The van der Waals surface area contributed by atoms with Gasteiger partial charge in [0, 0.05) is 22.7 Å². The Morgan fingerprint density at radius 1 is 1.12 bits per heavy atom. The Labute approximate surface area is 158 Å². The molecule has 0 bridgehead atoms. The lowest BCUT2D eigenvalue weighted by atomic mass is 10.2. The summed E-state index contributed by atoms with van der Waals surface area (Å²) in [5.74, 6) is -0.0706. The molecule has 0 fully saturated rings. The highest BCUT2D eigenvalue weighted by Gasteiger charge is 2.19. The average Bonchev–Trinajstić information content (AvgIpc) is 2.61. The Bertz CT molecular complexity index is 969. The molecule has 1 aliphatic heterocycles. The van der Waals surface area contributed by atoms with Gasteiger partial charge in [-0.15, -0.1) is 0 Å². The van der Waals surface area contributed by atoms with Gasteiger partial charge in [0.05, 0.1) is 10.6 Å². The monoisotopic (exact) mass is 439 g/mol. The molecule has 7 nitrogen and oxygen atoms in total. The van der Waals surface area contributed by atoms with Crippen LogP contribution in [0.4, 0.5) is 5.69 Å². The molecular weight excluding hydrogens is 426 g/mol. The number of benzene rings is 2. The van der Waals surface area contributed by atoms with Gasteiger partial charge in [0.2, 0.25) is 0 Å². The first-order valence-electron chi connectivity index (χ1n) is 7.48. The molecular formula is C17H14BrNO6S. The largest absolute Gasteiger partial charge is 0.486 e. The van der Waals surface area contributed by atoms with E-state index in [1.807, 2.05) is 0 Å². The summed E-state index contributed by atoms with van der Waals surface area (Å²) < 4.78 is 39.1. The van der Waals surface area contributed by atoms with E-state index in [4.69, 9.17) is 14.6 Å². The zero-order valence-electron chi connectivity index (χ0n) is 13.3. The van der Waals surface area contributed by atoms with Crippen LogP contribution in [0.5, 0.6) is 11.5 Å². The van der Waals surface area contributed by atoms with Crippen LogP contribution in [0, 0.1) is 0 Å². The van der Waals surface area contributed by atoms with Gasteiger partial charge in [0.25, 0.3) is 10.0 Å². The Morgan fingerprint density at radius 3 is 2.35 bits per heavy atom. The first-order valence-corrected chi connectivity index (χ1v) is 9.76. The second kappa shape index (κ2) is 7.38. The highest BCUT2D eigenvalue weighted by Crippen LogP contribution is 2.38. The first-order chi connectivity index (χ1) is 12.3. The number of hydrogen-bond donors (Lipinski definition) is 2. The van der Waals surface area contributed by atoms with E-state index >= 15 is 0 Å².